The molecule has 2 atom stereocenters. The molecule has 2 aliphatic heterocycles. The number of piperazine rings is 1. The molecule has 4 heterocycles. The summed E-state index contributed by atoms with van der Waals surface area (Å²) in [7, 11) is -3.17. The number of rotatable bonds is 3. The summed E-state index contributed by atoms with van der Waals surface area (Å²) in [4.78, 5) is 24.9. The number of amides is 1. The zero-order valence-corrected chi connectivity index (χ0v) is 15.0. The zero-order chi connectivity index (χ0) is 18.1. The molecule has 0 radical (unpaired) electrons. The highest BCUT2D eigenvalue weighted by Crippen LogP contribution is 2.29. The summed E-state index contributed by atoms with van der Waals surface area (Å²) >= 11 is 0. The van der Waals surface area contributed by atoms with E-state index in [1.165, 1.54) is 0 Å². The molecule has 8 heteroatoms. The minimum atomic E-state index is -3.17. The van der Waals surface area contributed by atoms with E-state index in [0.29, 0.717) is 25.3 Å². The standard InChI is InChI=1S/C18H20N4O3S/c23-18(15-3-1-2-6-20-15)22-10-9-21(11-14-4-7-19-8-5-14)16-12-26(24,25)13-17(16)22/h1-8,16-17H,9-13H2/t16-,17+/m0/s1. The molecular weight excluding hydrogens is 352 g/mol. The first-order chi connectivity index (χ1) is 12.5. The van der Waals surface area contributed by atoms with Gasteiger partial charge in [0.15, 0.2) is 9.84 Å². The SMILES string of the molecule is O=C(c1ccccn1)N1CCN(Cc2ccncc2)[C@H]2CS(=O)(=O)C[C@H]21. The van der Waals surface area contributed by atoms with Crippen molar-refractivity contribution in [2.75, 3.05) is 24.6 Å². The molecule has 2 saturated heterocycles. The van der Waals surface area contributed by atoms with Crippen LogP contribution in [0.4, 0.5) is 0 Å². The number of hydrogen-bond donors (Lipinski definition) is 0. The van der Waals surface area contributed by atoms with E-state index in [4.69, 9.17) is 0 Å². The summed E-state index contributed by atoms with van der Waals surface area (Å²) in [5.41, 5.74) is 1.45. The number of hydrogen-bond acceptors (Lipinski definition) is 6. The average Bonchev–Trinajstić information content (AvgIpc) is 2.98. The molecule has 0 aromatic carbocycles. The second kappa shape index (κ2) is 6.77. The lowest BCUT2D eigenvalue weighted by atomic mass is 10.0. The van der Waals surface area contributed by atoms with Crippen molar-refractivity contribution < 1.29 is 13.2 Å². The first kappa shape index (κ1) is 17.1. The van der Waals surface area contributed by atoms with Crippen LogP contribution in [0.1, 0.15) is 16.1 Å². The van der Waals surface area contributed by atoms with Gasteiger partial charge in [0, 0.05) is 44.3 Å². The molecule has 0 aliphatic carbocycles. The Morgan fingerprint density at radius 3 is 2.54 bits per heavy atom. The van der Waals surface area contributed by atoms with E-state index in [0.717, 1.165) is 5.56 Å². The molecule has 7 nitrogen and oxygen atoms in total. The van der Waals surface area contributed by atoms with Crippen LogP contribution in [0, 0.1) is 0 Å². The maximum absolute atomic E-state index is 12.9. The molecule has 0 N–H and O–H groups in total. The Morgan fingerprint density at radius 1 is 1.04 bits per heavy atom. The molecule has 0 bridgehead atoms. The predicted octanol–water partition coefficient (Wildman–Crippen LogP) is 0.600. The average molecular weight is 372 g/mol. The van der Waals surface area contributed by atoms with Crippen molar-refractivity contribution in [2.45, 2.75) is 18.6 Å². The van der Waals surface area contributed by atoms with Crippen LogP contribution in [-0.2, 0) is 16.4 Å². The smallest absolute Gasteiger partial charge is 0.272 e. The van der Waals surface area contributed by atoms with Crippen LogP contribution in [0.15, 0.2) is 48.9 Å². The number of aromatic nitrogens is 2. The van der Waals surface area contributed by atoms with E-state index in [2.05, 4.69) is 14.9 Å². The van der Waals surface area contributed by atoms with E-state index in [1.54, 1.807) is 41.7 Å². The normalized spacial score (nSPS) is 25.0. The highest BCUT2D eigenvalue weighted by Gasteiger charge is 2.48. The van der Waals surface area contributed by atoms with Gasteiger partial charge in [0.2, 0.25) is 0 Å². The Bertz CT molecular complexity index is 889. The molecule has 4 rings (SSSR count). The molecule has 0 unspecified atom stereocenters. The Hall–Kier alpha value is -2.32. The van der Waals surface area contributed by atoms with Gasteiger partial charge in [-0.1, -0.05) is 6.07 Å². The van der Waals surface area contributed by atoms with Crippen LogP contribution in [-0.4, -0.2) is 70.8 Å². The van der Waals surface area contributed by atoms with E-state index in [1.807, 2.05) is 12.1 Å². The summed E-state index contributed by atoms with van der Waals surface area (Å²) in [5.74, 6) is -0.0843. The van der Waals surface area contributed by atoms with Crippen LogP contribution in [0.5, 0.6) is 0 Å². The van der Waals surface area contributed by atoms with Gasteiger partial charge in [-0.05, 0) is 29.8 Å². The molecule has 2 aromatic heterocycles. The maximum atomic E-state index is 12.9. The fourth-order valence-electron chi connectivity index (χ4n) is 3.83. The molecular formula is C18H20N4O3S. The Morgan fingerprint density at radius 2 is 1.81 bits per heavy atom. The third kappa shape index (κ3) is 3.34. The van der Waals surface area contributed by atoms with Gasteiger partial charge in [-0.2, -0.15) is 0 Å². The van der Waals surface area contributed by atoms with Crippen LogP contribution in [0.25, 0.3) is 0 Å². The van der Waals surface area contributed by atoms with Gasteiger partial charge in [-0.15, -0.1) is 0 Å². The molecule has 136 valence electrons. The predicted molar refractivity (Wildman–Crippen MR) is 96.2 cm³/mol. The Kier molecular flexibility index (Phi) is 4.46. The second-order valence-corrected chi connectivity index (χ2v) is 8.90. The number of nitrogens with zero attached hydrogens (tertiary/aromatic N) is 4. The first-order valence-corrected chi connectivity index (χ1v) is 10.4. The van der Waals surface area contributed by atoms with Crippen molar-refractivity contribution in [3.8, 4) is 0 Å². The van der Waals surface area contributed by atoms with E-state index in [9.17, 15) is 13.2 Å². The monoisotopic (exact) mass is 372 g/mol. The summed E-state index contributed by atoms with van der Waals surface area (Å²) in [6.45, 7) is 1.79. The van der Waals surface area contributed by atoms with Gasteiger partial charge < -0.3 is 4.90 Å². The Labute approximate surface area is 152 Å². The van der Waals surface area contributed by atoms with Crippen LogP contribution >= 0.6 is 0 Å². The largest absolute Gasteiger partial charge is 0.330 e. The maximum Gasteiger partial charge on any atom is 0.272 e. The van der Waals surface area contributed by atoms with Gasteiger partial charge in [-0.3, -0.25) is 19.7 Å². The molecule has 26 heavy (non-hydrogen) atoms. The van der Waals surface area contributed by atoms with Gasteiger partial charge in [0.25, 0.3) is 5.91 Å². The third-order valence-corrected chi connectivity index (χ3v) is 6.77. The lowest BCUT2D eigenvalue weighted by Gasteiger charge is -2.43. The fraction of sp³-hybridized carbons (Fsp3) is 0.389. The second-order valence-electron chi connectivity index (χ2n) is 6.75. The van der Waals surface area contributed by atoms with Gasteiger partial charge >= 0.3 is 0 Å². The number of carbonyl (C=O) groups excluding carboxylic acids is 1. The number of sulfone groups is 1. The van der Waals surface area contributed by atoms with Crippen LogP contribution in [0.3, 0.4) is 0 Å². The van der Waals surface area contributed by atoms with E-state index >= 15 is 0 Å². The molecule has 1 amide bonds. The zero-order valence-electron chi connectivity index (χ0n) is 14.2. The van der Waals surface area contributed by atoms with Crippen molar-refractivity contribution >= 4 is 15.7 Å². The third-order valence-electron chi connectivity index (χ3n) is 5.07. The molecule has 2 aliphatic rings. The van der Waals surface area contributed by atoms with Crippen molar-refractivity contribution in [3.63, 3.8) is 0 Å². The van der Waals surface area contributed by atoms with Gasteiger partial charge in [0.05, 0.1) is 17.5 Å². The highest BCUT2D eigenvalue weighted by atomic mass is 32.2. The summed E-state index contributed by atoms with van der Waals surface area (Å²) in [6, 6.07) is 8.55. The van der Waals surface area contributed by atoms with Gasteiger partial charge in [0.1, 0.15) is 5.69 Å². The van der Waals surface area contributed by atoms with Gasteiger partial charge in [-0.25, -0.2) is 8.42 Å². The highest BCUT2D eigenvalue weighted by molar-refractivity contribution is 7.91. The van der Waals surface area contributed by atoms with Crippen molar-refractivity contribution in [3.05, 3.63) is 60.2 Å². The molecule has 0 saturated carbocycles. The summed E-state index contributed by atoms with van der Waals surface area (Å²) < 4.78 is 24.6. The fourth-order valence-corrected chi connectivity index (χ4v) is 5.84. The first-order valence-electron chi connectivity index (χ1n) is 8.59. The van der Waals surface area contributed by atoms with Crippen molar-refractivity contribution in [1.29, 1.82) is 0 Å². The quantitative estimate of drug-likeness (QED) is 0.785. The summed E-state index contributed by atoms with van der Waals surface area (Å²) in [6.07, 6.45) is 5.05. The molecule has 2 aromatic rings. The minimum absolute atomic E-state index is 0.0169. The van der Waals surface area contributed by atoms with Crippen LogP contribution < -0.4 is 0 Å². The number of fused-ring (bicyclic) bond motifs is 1. The van der Waals surface area contributed by atoms with Crippen molar-refractivity contribution in [2.24, 2.45) is 0 Å². The minimum Gasteiger partial charge on any atom is -0.330 e. The molecule has 0 spiro atoms. The van der Waals surface area contributed by atoms with E-state index < -0.39 is 9.84 Å². The Balaban J connectivity index is 1.59. The van der Waals surface area contributed by atoms with Crippen LogP contribution in [0.2, 0.25) is 0 Å². The lowest BCUT2D eigenvalue weighted by Crippen LogP contribution is -2.60. The number of pyridine rings is 2. The summed E-state index contributed by atoms with van der Waals surface area (Å²) in [5, 5.41) is 0. The number of carbonyl (C=O) groups is 1. The van der Waals surface area contributed by atoms with E-state index in [-0.39, 0.29) is 29.5 Å². The topological polar surface area (TPSA) is 83.5 Å². The van der Waals surface area contributed by atoms with Crippen molar-refractivity contribution in [1.82, 2.24) is 19.8 Å². The lowest BCUT2D eigenvalue weighted by molar-refractivity contribution is 0.0301. The molecule has 2 fully saturated rings.